The van der Waals surface area contributed by atoms with E-state index < -0.39 is 0 Å². The fourth-order valence-corrected chi connectivity index (χ4v) is 3.27. The average molecular weight is 339 g/mol. The van der Waals surface area contributed by atoms with Crippen molar-refractivity contribution in [3.05, 3.63) is 42.4 Å². The molecule has 0 unspecified atom stereocenters. The molecule has 2 aliphatic rings. The highest BCUT2D eigenvalue weighted by molar-refractivity contribution is 5.92. The lowest BCUT2D eigenvalue weighted by atomic mass is 10.2. The van der Waals surface area contributed by atoms with Gasteiger partial charge < -0.3 is 9.80 Å². The number of carbonyl (C=O) groups excluding carboxylic acids is 2. The summed E-state index contributed by atoms with van der Waals surface area (Å²) in [6, 6.07) is 7.16. The molecule has 25 heavy (non-hydrogen) atoms. The minimum Gasteiger partial charge on any atom is -0.339 e. The van der Waals surface area contributed by atoms with Crippen LogP contribution in [0.25, 0.3) is 5.82 Å². The van der Waals surface area contributed by atoms with Gasteiger partial charge in [-0.25, -0.2) is 9.67 Å². The van der Waals surface area contributed by atoms with Gasteiger partial charge in [0.1, 0.15) is 5.69 Å². The van der Waals surface area contributed by atoms with E-state index in [1.165, 1.54) is 0 Å². The van der Waals surface area contributed by atoms with E-state index in [1.54, 1.807) is 28.0 Å². The third-order valence-corrected chi connectivity index (χ3v) is 5.00. The van der Waals surface area contributed by atoms with Gasteiger partial charge in [0.05, 0.1) is 0 Å². The van der Waals surface area contributed by atoms with Crippen molar-refractivity contribution < 1.29 is 9.59 Å². The lowest BCUT2D eigenvalue weighted by Gasteiger charge is -2.34. The van der Waals surface area contributed by atoms with Crippen LogP contribution in [0.4, 0.5) is 0 Å². The van der Waals surface area contributed by atoms with Crippen LogP contribution < -0.4 is 0 Å². The smallest absolute Gasteiger partial charge is 0.272 e. The molecule has 1 aliphatic carbocycles. The van der Waals surface area contributed by atoms with Crippen LogP contribution in [0.15, 0.2) is 36.7 Å². The van der Waals surface area contributed by atoms with Gasteiger partial charge in [0.15, 0.2) is 5.82 Å². The van der Waals surface area contributed by atoms with Crippen LogP contribution >= 0.6 is 0 Å². The first-order valence-corrected chi connectivity index (χ1v) is 8.68. The number of carbonyl (C=O) groups is 2. The molecule has 0 aromatic carbocycles. The molecule has 2 atom stereocenters. The molecule has 130 valence electrons. The summed E-state index contributed by atoms with van der Waals surface area (Å²) < 4.78 is 1.63. The Kier molecular flexibility index (Phi) is 3.99. The third-order valence-electron chi connectivity index (χ3n) is 5.00. The van der Waals surface area contributed by atoms with Crippen molar-refractivity contribution >= 4 is 11.8 Å². The molecule has 0 radical (unpaired) electrons. The third kappa shape index (κ3) is 3.14. The van der Waals surface area contributed by atoms with Gasteiger partial charge in [0.25, 0.3) is 5.91 Å². The average Bonchev–Trinajstić information content (AvgIpc) is 3.14. The summed E-state index contributed by atoms with van der Waals surface area (Å²) in [5.74, 6) is 1.49. The van der Waals surface area contributed by atoms with E-state index in [9.17, 15) is 9.59 Å². The summed E-state index contributed by atoms with van der Waals surface area (Å²) in [6.45, 7) is 4.43. The van der Waals surface area contributed by atoms with Crippen molar-refractivity contribution in [1.82, 2.24) is 24.6 Å². The van der Waals surface area contributed by atoms with Crippen molar-refractivity contribution in [2.45, 2.75) is 13.3 Å². The Morgan fingerprint density at radius 3 is 2.44 bits per heavy atom. The van der Waals surface area contributed by atoms with Crippen molar-refractivity contribution in [3.8, 4) is 5.82 Å². The molecule has 3 heterocycles. The second-order valence-electron chi connectivity index (χ2n) is 6.77. The fourth-order valence-electron chi connectivity index (χ4n) is 3.27. The fraction of sp³-hybridized carbons (Fsp3) is 0.444. The standard InChI is InChI=1S/C18H21N5O2/c1-13-12-14(13)17(24)21-8-10-22(11-9-21)18(25)15-4-2-5-16(20-15)23-7-3-6-19-23/h2-7,13-14H,8-12H2,1H3/t13-,14-/m1/s1. The summed E-state index contributed by atoms with van der Waals surface area (Å²) >= 11 is 0. The molecule has 2 aromatic heterocycles. The summed E-state index contributed by atoms with van der Waals surface area (Å²) in [4.78, 5) is 33.1. The summed E-state index contributed by atoms with van der Waals surface area (Å²) in [6.07, 6.45) is 4.47. The van der Waals surface area contributed by atoms with Gasteiger partial charge in [0.2, 0.25) is 5.91 Å². The number of nitrogens with zero attached hydrogens (tertiary/aromatic N) is 5. The zero-order valence-electron chi connectivity index (χ0n) is 14.2. The minimum absolute atomic E-state index is 0.0964. The van der Waals surface area contributed by atoms with Crippen LogP contribution in [0.2, 0.25) is 0 Å². The van der Waals surface area contributed by atoms with Gasteiger partial charge in [-0.15, -0.1) is 0 Å². The monoisotopic (exact) mass is 339 g/mol. The van der Waals surface area contributed by atoms with Crippen molar-refractivity contribution in [2.24, 2.45) is 11.8 Å². The second-order valence-corrected chi connectivity index (χ2v) is 6.77. The number of pyridine rings is 1. The second kappa shape index (κ2) is 6.31. The lowest BCUT2D eigenvalue weighted by Crippen LogP contribution is -2.51. The highest BCUT2D eigenvalue weighted by Crippen LogP contribution is 2.39. The Labute approximate surface area is 146 Å². The predicted octanol–water partition coefficient (Wildman–Crippen LogP) is 1.21. The van der Waals surface area contributed by atoms with Gasteiger partial charge in [-0.05, 0) is 30.5 Å². The maximum Gasteiger partial charge on any atom is 0.272 e. The van der Waals surface area contributed by atoms with E-state index in [-0.39, 0.29) is 17.7 Å². The van der Waals surface area contributed by atoms with E-state index >= 15 is 0 Å². The number of hydrogen-bond donors (Lipinski definition) is 0. The minimum atomic E-state index is -0.0964. The maximum atomic E-state index is 12.7. The summed E-state index contributed by atoms with van der Waals surface area (Å²) in [5.41, 5.74) is 0.406. The van der Waals surface area contributed by atoms with Crippen LogP contribution in [-0.4, -0.2) is 62.6 Å². The Hall–Kier alpha value is -2.70. The van der Waals surface area contributed by atoms with Crippen molar-refractivity contribution in [2.75, 3.05) is 26.2 Å². The molecular weight excluding hydrogens is 318 g/mol. The highest BCUT2D eigenvalue weighted by atomic mass is 16.2. The van der Waals surface area contributed by atoms with Gasteiger partial charge >= 0.3 is 0 Å². The summed E-state index contributed by atoms with van der Waals surface area (Å²) in [7, 11) is 0. The van der Waals surface area contributed by atoms with Crippen LogP contribution in [0.1, 0.15) is 23.8 Å². The van der Waals surface area contributed by atoms with Crippen LogP contribution in [-0.2, 0) is 4.79 Å². The molecule has 0 bridgehead atoms. The Balaban J connectivity index is 1.41. The molecule has 1 aliphatic heterocycles. The highest BCUT2D eigenvalue weighted by Gasteiger charge is 2.42. The van der Waals surface area contributed by atoms with Crippen LogP contribution in [0.5, 0.6) is 0 Å². The molecule has 7 heteroatoms. The normalized spacial score (nSPS) is 22.8. The Bertz CT molecular complexity index is 781. The Morgan fingerprint density at radius 2 is 1.80 bits per heavy atom. The molecule has 7 nitrogen and oxygen atoms in total. The largest absolute Gasteiger partial charge is 0.339 e. The van der Waals surface area contributed by atoms with E-state index in [0.29, 0.717) is 43.6 Å². The molecule has 1 saturated heterocycles. The van der Waals surface area contributed by atoms with Gasteiger partial charge in [-0.2, -0.15) is 5.10 Å². The van der Waals surface area contributed by atoms with E-state index in [1.807, 2.05) is 23.1 Å². The predicted molar refractivity (Wildman–Crippen MR) is 91.1 cm³/mol. The first-order chi connectivity index (χ1) is 12.1. The maximum absolute atomic E-state index is 12.7. The topological polar surface area (TPSA) is 71.3 Å². The van der Waals surface area contributed by atoms with E-state index in [4.69, 9.17) is 0 Å². The van der Waals surface area contributed by atoms with Gasteiger partial charge in [-0.1, -0.05) is 13.0 Å². The molecule has 0 N–H and O–H groups in total. The zero-order chi connectivity index (χ0) is 17.4. The number of piperazine rings is 1. The first kappa shape index (κ1) is 15.8. The molecular formula is C18H21N5O2. The number of aromatic nitrogens is 3. The molecule has 1 saturated carbocycles. The number of amides is 2. The molecule has 0 spiro atoms. The van der Waals surface area contributed by atoms with Gasteiger partial charge in [-0.3, -0.25) is 9.59 Å². The molecule has 4 rings (SSSR count). The zero-order valence-corrected chi connectivity index (χ0v) is 14.2. The number of hydrogen-bond acceptors (Lipinski definition) is 4. The number of rotatable bonds is 3. The molecule has 2 amide bonds. The SMILES string of the molecule is C[C@@H]1C[C@H]1C(=O)N1CCN(C(=O)c2cccc(-n3cccn3)n2)CC1. The lowest BCUT2D eigenvalue weighted by molar-refractivity contribution is -0.134. The first-order valence-electron chi connectivity index (χ1n) is 8.68. The van der Waals surface area contributed by atoms with E-state index in [0.717, 1.165) is 6.42 Å². The Morgan fingerprint density at radius 1 is 1.08 bits per heavy atom. The van der Waals surface area contributed by atoms with E-state index in [2.05, 4.69) is 17.0 Å². The summed E-state index contributed by atoms with van der Waals surface area (Å²) in [5, 5.41) is 4.14. The van der Waals surface area contributed by atoms with Crippen molar-refractivity contribution in [1.29, 1.82) is 0 Å². The van der Waals surface area contributed by atoms with Crippen molar-refractivity contribution in [3.63, 3.8) is 0 Å². The molecule has 2 fully saturated rings. The quantitative estimate of drug-likeness (QED) is 0.843. The van der Waals surface area contributed by atoms with Crippen LogP contribution in [0, 0.1) is 11.8 Å². The van der Waals surface area contributed by atoms with Gasteiger partial charge in [0, 0.05) is 44.5 Å². The van der Waals surface area contributed by atoms with Crippen LogP contribution in [0.3, 0.4) is 0 Å². The molecule has 2 aromatic rings.